The van der Waals surface area contributed by atoms with Gasteiger partial charge in [0.15, 0.2) is 17.2 Å². The molecular formula is C15H10N4O2. The highest BCUT2D eigenvalue weighted by molar-refractivity contribution is 6.16. The molecule has 2 aromatic heterocycles. The molecule has 0 unspecified atom stereocenters. The van der Waals surface area contributed by atoms with E-state index in [0.29, 0.717) is 33.8 Å². The minimum Gasteiger partial charge on any atom is -0.410 e. The highest BCUT2D eigenvalue weighted by Gasteiger charge is 2.29. The predicted octanol–water partition coefficient (Wildman–Crippen LogP) is 1.63. The molecule has 0 aliphatic carbocycles. The van der Waals surface area contributed by atoms with Gasteiger partial charge in [-0.15, -0.1) is 0 Å². The van der Waals surface area contributed by atoms with Crippen molar-refractivity contribution in [1.82, 2.24) is 14.5 Å². The lowest BCUT2D eigenvalue weighted by molar-refractivity contribution is 0.319. The molecule has 4 rings (SSSR count). The van der Waals surface area contributed by atoms with Crippen molar-refractivity contribution in [2.24, 2.45) is 5.16 Å². The van der Waals surface area contributed by atoms with Crippen LogP contribution in [0.25, 0.3) is 16.7 Å². The molecular weight excluding hydrogens is 268 g/mol. The van der Waals surface area contributed by atoms with Crippen molar-refractivity contribution in [2.75, 3.05) is 0 Å². The molecule has 0 amide bonds. The molecule has 21 heavy (non-hydrogen) atoms. The number of oxime groups is 1. The smallest absolute Gasteiger partial charge is 0.267 e. The Kier molecular flexibility index (Phi) is 2.24. The summed E-state index contributed by atoms with van der Waals surface area (Å²) in [4.78, 5) is 21.2. The summed E-state index contributed by atoms with van der Waals surface area (Å²) in [6, 6.07) is 8.99. The number of pyridine rings is 1. The van der Waals surface area contributed by atoms with Crippen molar-refractivity contribution in [1.29, 1.82) is 0 Å². The SMILES string of the molecule is Cc1ccc2c(c1)C(=NO)c1nc3ncccc3c(=O)n1-2. The molecule has 0 fully saturated rings. The van der Waals surface area contributed by atoms with Crippen LogP contribution in [-0.2, 0) is 0 Å². The molecule has 3 heterocycles. The Labute approximate surface area is 119 Å². The molecule has 6 nitrogen and oxygen atoms in total. The lowest BCUT2D eigenvalue weighted by Crippen LogP contribution is -2.22. The van der Waals surface area contributed by atoms with E-state index in [1.807, 2.05) is 25.1 Å². The second-order valence-electron chi connectivity index (χ2n) is 4.92. The number of rotatable bonds is 0. The van der Waals surface area contributed by atoms with E-state index in [9.17, 15) is 10.0 Å². The number of hydrogen-bond donors (Lipinski definition) is 1. The molecule has 0 bridgehead atoms. The second kappa shape index (κ2) is 3.99. The Morgan fingerprint density at radius 1 is 1.29 bits per heavy atom. The normalized spacial score (nSPS) is 14.4. The summed E-state index contributed by atoms with van der Waals surface area (Å²) in [5, 5.41) is 13.1. The van der Waals surface area contributed by atoms with Crippen LogP contribution in [0.15, 0.2) is 46.5 Å². The number of fused-ring (bicyclic) bond motifs is 4. The van der Waals surface area contributed by atoms with E-state index in [1.165, 1.54) is 4.57 Å². The standard InChI is InChI=1S/C15H10N4O2/c1-8-4-5-11-10(7-8)12(18-21)14-17-13-9(3-2-6-16-13)15(20)19(11)14/h2-7,21H,1H3. The fraction of sp³-hybridized carbons (Fsp3) is 0.0667. The first-order valence-electron chi connectivity index (χ1n) is 6.42. The lowest BCUT2D eigenvalue weighted by atomic mass is 10.1. The summed E-state index contributed by atoms with van der Waals surface area (Å²) in [7, 11) is 0. The van der Waals surface area contributed by atoms with Crippen molar-refractivity contribution in [3.05, 3.63) is 63.8 Å². The van der Waals surface area contributed by atoms with Crippen LogP contribution >= 0.6 is 0 Å². The van der Waals surface area contributed by atoms with Gasteiger partial charge in [0.25, 0.3) is 5.56 Å². The summed E-state index contributed by atoms with van der Waals surface area (Å²) in [5.74, 6) is 0.314. The molecule has 1 N–H and O–H groups in total. The average molecular weight is 278 g/mol. The van der Waals surface area contributed by atoms with Gasteiger partial charge >= 0.3 is 0 Å². The van der Waals surface area contributed by atoms with Crippen LogP contribution in [0, 0.1) is 6.92 Å². The van der Waals surface area contributed by atoms with Crippen LogP contribution in [0.4, 0.5) is 0 Å². The first-order chi connectivity index (χ1) is 10.2. The van der Waals surface area contributed by atoms with Crippen molar-refractivity contribution < 1.29 is 5.21 Å². The molecule has 0 radical (unpaired) electrons. The first kappa shape index (κ1) is 11.8. The zero-order chi connectivity index (χ0) is 14.6. The summed E-state index contributed by atoms with van der Waals surface area (Å²) in [6.45, 7) is 1.94. The summed E-state index contributed by atoms with van der Waals surface area (Å²) >= 11 is 0. The van der Waals surface area contributed by atoms with E-state index in [1.54, 1.807) is 18.3 Å². The maximum absolute atomic E-state index is 12.7. The Morgan fingerprint density at radius 2 is 2.14 bits per heavy atom. The van der Waals surface area contributed by atoms with Gasteiger partial charge in [0, 0.05) is 11.8 Å². The molecule has 0 saturated carbocycles. The van der Waals surface area contributed by atoms with Gasteiger partial charge in [0.05, 0.1) is 11.1 Å². The zero-order valence-electron chi connectivity index (χ0n) is 11.1. The van der Waals surface area contributed by atoms with Crippen molar-refractivity contribution in [2.45, 2.75) is 6.92 Å². The summed E-state index contributed by atoms with van der Waals surface area (Å²) in [5.41, 5.74) is 2.80. The average Bonchev–Trinajstić information content (AvgIpc) is 2.80. The van der Waals surface area contributed by atoms with E-state index in [4.69, 9.17) is 0 Å². The second-order valence-corrected chi connectivity index (χ2v) is 4.92. The Hall–Kier alpha value is -3.02. The van der Waals surface area contributed by atoms with E-state index in [0.717, 1.165) is 5.56 Å². The minimum absolute atomic E-state index is 0.216. The third kappa shape index (κ3) is 1.47. The largest absolute Gasteiger partial charge is 0.410 e. The summed E-state index contributed by atoms with van der Waals surface area (Å²) < 4.78 is 1.47. The number of hydrogen-bond acceptors (Lipinski definition) is 5. The number of aromatic nitrogens is 3. The highest BCUT2D eigenvalue weighted by atomic mass is 16.4. The zero-order valence-corrected chi connectivity index (χ0v) is 11.1. The van der Waals surface area contributed by atoms with Crippen molar-refractivity contribution >= 4 is 16.7 Å². The third-order valence-electron chi connectivity index (χ3n) is 3.60. The van der Waals surface area contributed by atoms with Crippen molar-refractivity contribution in [3.63, 3.8) is 0 Å². The highest BCUT2D eigenvalue weighted by Crippen LogP contribution is 2.27. The fourth-order valence-electron chi connectivity index (χ4n) is 2.66. The van der Waals surface area contributed by atoms with Crippen LogP contribution in [-0.4, -0.2) is 25.5 Å². The molecule has 0 spiro atoms. The van der Waals surface area contributed by atoms with Gasteiger partial charge in [-0.25, -0.2) is 9.97 Å². The fourth-order valence-corrected chi connectivity index (χ4v) is 2.66. The predicted molar refractivity (Wildman–Crippen MR) is 77.3 cm³/mol. The Morgan fingerprint density at radius 3 is 2.95 bits per heavy atom. The van der Waals surface area contributed by atoms with Gasteiger partial charge in [0.2, 0.25) is 0 Å². The van der Waals surface area contributed by atoms with Gasteiger partial charge < -0.3 is 5.21 Å². The molecule has 1 aromatic carbocycles. The molecule has 1 aliphatic rings. The first-order valence-corrected chi connectivity index (χ1v) is 6.42. The van der Waals surface area contributed by atoms with Gasteiger partial charge in [-0.1, -0.05) is 16.8 Å². The monoisotopic (exact) mass is 278 g/mol. The lowest BCUT2D eigenvalue weighted by Gasteiger charge is -2.05. The molecule has 1 aliphatic heterocycles. The molecule has 0 atom stereocenters. The minimum atomic E-state index is -0.216. The number of nitrogens with zero attached hydrogens (tertiary/aromatic N) is 4. The number of aryl methyl sites for hydroxylation is 1. The van der Waals surface area contributed by atoms with Crippen LogP contribution in [0.3, 0.4) is 0 Å². The van der Waals surface area contributed by atoms with Gasteiger partial charge in [-0.3, -0.25) is 9.36 Å². The maximum Gasteiger partial charge on any atom is 0.267 e. The van der Waals surface area contributed by atoms with Gasteiger partial charge in [0.1, 0.15) is 0 Å². The van der Waals surface area contributed by atoms with Crippen LogP contribution in [0.5, 0.6) is 0 Å². The van der Waals surface area contributed by atoms with Crippen molar-refractivity contribution in [3.8, 4) is 5.69 Å². The van der Waals surface area contributed by atoms with Gasteiger partial charge in [-0.2, -0.15) is 0 Å². The number of benzene rings is 1. The third-order valence-corrected chi connectivity index (χ3v) is 3.60. The van der Waals surface area contributed by atoms with Crippen LogP contribution in [0.2, 0.25) is 0 Å². The van der Waals surface area contributed by atoms with E-state index in [2.05, 4.69) is 15.1 Å². The van der Waals surface area contributed by atoms with E-state index < -0.39 is 0 Å². The quantitative estimate of drug-likeness (QED) is 0.391. The topological polar surface area (TPSA) is 80.4 Å². The van der Waals surface area contributed by atoms with E-state index in [-0.39, 0.29) is 5.56 Å². The van der Waals surface area contributed by atoms with Crippen LogP contribution < -0.4 is 5.56 Å². The maximum atomic E-state index is 12.7. The Balaban J connectivity index is 2.21. The van der Waals surface area contributed by atoms with Gasteiger partial charge in [-0.05, 0) is 31.2 Å². The Bertz CT molecular complexity index is 989. The molecule has 102 valence electrons. The summed E-state index contributed by atoms with van der Waals surface area (Å²) in [6.07, 6.45) is 1.58. The van der Waals surface area contributed by atoms with Crippen LogP contribution in [0.1, 0.15) is 17.0 Å². The van der Waals surface area contributed by atoms with E-state index >= 15 is 0 Å². The molecule has 0 saturated heterocycles. The molecule has 3 aromatic rings. The molecule has 6 heteroatoms.